The number of carbonyl (C=O) groups excluding carboxylic acids is 2. The van der Waals surface area contributed by atoms with Gasteiger partial charge in [-0.25, -0.2) is 0 Å². The van der Waals surface area contributed by atoms with Crippen LogP contribution in [0.25, 0.3) is 0 Å². The molecule has 1 saturated heterocycles. The lowest BCUT2D eigenvalue weighted by atomic mass is 9.99. The SMILES string of the molecule is CCN1CC(=O)N(CC(N)c2ccc(C)cc2C)CC1=O. The summed E-state index contributed by atoms with van der Waals surface area (Å²) in [5, 5.41) is 0. The van der Waals surface area contributed by atoms with Gasteiger partial charge >= 0.3 is 0 Å². The van der Waals surface area contributed by atoms with Crippen molar-refractivity contribution in [2.75, 3.05) is 26.2 Å². The minimum atomic E-state index is -0.268. The van der Waals surface area contributed by atoms with Gasteiger partial charge in [-0.15, -0.1) is 0 Å². The third-order valence-electron chi connectivity index (χ3n) is 3.98. The fourth-order valence-electron chi connectivity index (χ4n) is 2.73. The number of nitrogens with two attached hydrogens (primary N) is 1. The molecule has 0 aliphatic carbocycles. The second-order valence-electron chi connectivity index (χ2n) is 5.65. The molecule has 1 heterocycles. The van der Waals surface area contributed by atoms with Gasteiger partial charge in [0.05, 0.1) is 13.1 Å². The standard InChI is InChI=1S/C16H23N3O2/c1-4-18-9-16(21)19(10-15(18)20)8-14(17)13-6-5-11(2)7-12(13)3/h5-7,14H,4,8-10,17H2,1-3H3. The largest absolute Gasteiger partial charge is 0.332 e. The summed E-state index contributed by atoms with van der Waals surface area (Å²) in [5.74, 6) is -0.0402. The quantitative estimate of drug-likeness (QED) is 0.899. The molecular weight excluding hydrogens is 266 g/mol. The lowest BCUT2D eigenvalue weighted by molar-refractivity contribution is -0.150. The summed E-state index contributed by atoms with van der Waals surface area (Å²) in [6.45, 7) is 7.18. The first-order valence-corrected chi connectivity index (χ1v) is 7.30. The molecule has 0 radical (unpaired) electrons. The summed E-state index contributed by atoms with van der Waals surface area (Å²) in [4.78, 5) is 27.1. The van der Waals surface area contributed by atoms with Gasteiger partial charge in [0.1, 0.15) is 0 Å². The average Bonchev–Trinajstić information content (AvgIpc) is 2.42. The second kappa shape index (κ2) is 6.26. The highest BCUT2D eigenvalue weighted by atomic mass is 16.2. The summed E-state index contributed by atoms with van der Waals surface area (Å²) in [5.41, 5.74) is 9.56. The maximum atomic E-state index is 12.1. The zero-order valence-corrected chi connectivity index (χ0v) is 12.9. The fraction of sp³-hybridized carbons (Fsp3) is 0.500. The Morgan fingerprint density at radius 3 is 2.38 bits per heavy atom. The molecule has 2 amide bonds. The van der Waals surface area contributed by atoms with E-state index in [1.54, 1.807) is 9.80 Å². The topological polar surface area (TPSA) is 66.6 Å². The maximum absolute atomic E-state index is 12.1. The Hall–Kier alpha value is -1.88. The minimum absolute atomic E-state index is 0.00933. The molecule has 5 nitrogen and oxygen atoms in total. The molecule has 5 heteroatoms. The maximum Gasteiger partial charge on any atom is 0.242 e. The van der Waals surface area contributed by atoms with Crippen molar-refractivity contribution >= 4 is 11.8 Å². The predicted molar refractivity (Wildman–Crippen MR) is 81.7 cm³/mol. The highest BCUT2D eigenvalue weighted by Crippen LogP contribution is 2.19. The van der Waals surface area contributed by atoms with Crippen molar-refractivity contribution in [2.24, 2.45) is 5.73 Å². The molecule has 1 atom stereocenters. The van der Waals surface area contributed by atoms with E-state index in [0.29, 0.717) is 13.1 Å². The number of rotatable bonds is 4. The van der Waals surface area contributed by atoms with E-state index in [4.69, 9.17) is 5.73 Å². The van der Waals surface area contributed by atoms with Crippen LogP contribution in [0.1, 0.15) is 29.7 Å². The van der Waals surface area contributed by atoms with Gasteiger partial charge in [-0.1, -0.05) is 23.8 Å². The monoisotopic (exact) mass is 289 g/mol. The van der Waals surface area contributed by atoms with Crippen LogP contribution in [0.15, 0.2) is 18.2 Å². The molecule has 1 aromatic carbocycles. The van der Waals surface area contributed by atoms with Gasteiger partial charge in [0.25, 0.3) is 0 Å². The number of aryl methyl sites for hydroxylation is 2. The predicted octanol–water partition coefficient (Wildman–Crippen LogP) is 0.994. The Labute approximate surface area is 125 Å². The molecule has 0 saturated carbocycles. The van der Waals surface area contributed by atoms with Crippen molar-refractivity contribution < 1.29 is 9.59 Å². The summed E-state index contributed by atoms with van der Waals surface area (Å²) < 4.78 is 0. The molecule has 0 spiro atoms. The molecule has 1 unspecified atom stereocenters. The van der Waals surface area contributed by atoms with Gasteiger partial charge in [0.15, 0.2) is 0 Å². The van der Waals surface area contributed by atoms with Gasteiger partial charge < -0.3 is 15.5 Å². The lowest BCUT2D eigenvalue weighted by Crippen LogP contribution is -2.54. The average molecular weight is 289 g/mol. The van der Waals surface area contributed by atoms with Crippen LogP contribution >= 0.6 is 0 Å². The number of likely N-dealkylation sites (N-methyl/N-ethyl adjacent to an activating group) is 1. The van der Waals surface area contributed by atoms with Crippen LogP contribution in [-0.2, 0) is 9.59 Å². The highest BCUT2D eigenvalue weighted by Gasteiger charge is 2.30. The Morgan fingerprint density at radius 2 is 1.76 bits per heavy atom. The molecule has 2 rings (SSSR count). The molecule has 0 bridgehead atoms. The van der Waals surface area contributed by atoms with Gasteiger partial charge in [0, 0.05) is 19.1 Å². The molecule has 1 aromatic rings. The molecule has 1 aliphatic rings. The van der Waals surface area contributed by atoms with E-state index in [2.05, 4.69) is 6.07 Å². The van der Waals surface area contributed by atoms with Crippen LogP contribution in [-0.4, -0.2) is 47.8 Å². The van der Waals surface area contributed by atoms with Gasteiger partial charge in [-0.2, -0.15) is 0 Å². The highest BCUT2D eigenvalue weighted by molar-refractivity contribution is 5.92. The van der Waals surface area contributed by atoms with Crippen molar-refractivity contribution in [1.29, 1.82) is 0 Å². The summed E-state index contributed by atoms with van der Waals surface area (Å²) in [6.07, 6.45) is 0. The molecule has 21 heavy (non-hydrogen) atoms. The smallest absolute Gasteiger partial charge is 0.242 e. The van der Waals surface area contributed by atoms with Crippen LogP contribution in [0.2, 0.25) is 0 Å². The Kier molecular flexibility index (Phi) is 4.63. The molecule has 0 aromatic heterocycles. The summed E-state index contributed by atoms with van der Waals surface area (Å²) in [7, 11) is 0. The Morgan fingerprint density at radius 1 is 1.14 bits per heavy atom. The van der Waals surface area contributed by atoms with Crippen LogP contribution in [0, 0.1) is 13.8 Å². The zero-order valence-electron chi connectivity index (χ0n) is 12.9. The number of carbonyl (C=O) groups is 2. The van der Waals surface area contributed by atoms with Gasteiger partial charge in [0.2, 0.25) is 11.8 Å². The summed E-state index contributed by atoms with van der Waals surface area (Å²) in [6, 6.07) is 5.83. The Bertz CT molecular complexity index is 556. The molecule has 1 aliphatic heterocycles. The zero-order chi connectivity index (χ0) is 15.6. The number of nitrogens with zero attached hydrogens (tertiary/aromatic N) is 2. The van der Waals surface area contributed by atoms with E-state index in [9.17, 15) is 9.59 Å². The Balaban J connectivity index is 2.07. The van der Waals surface area contributed by atoms with Crippen molar-refractivity contribution in [2.45, 2.75) is 26.8 Å². The number of piperazine rings is 1. The van der Waals surface area contributed by atoms with Gasteiger partial charge in [-0.05, 0) is 31.9 Å². The van der Waals surface area contributed by atoms with E-state index in [1.807, 2.05) is 32.9 Å². The van der Waals surface area contributed by atoms with E-state index in [0.717, 1.165) is 11.1 Å². The van der Waals surface area contributed by atoms with Crippen LogP contribution in [0.4, 0.5) is 0 Å². The first kappa shape index (κ1) is 15.5. The molecule has 114 valence electrons. The van der Waals surface area contributed by atoms with E-state index in [1.165, 1.54) is 5.56 Å². The van der Waals surface area contributed by atoms with Crippen molar-refractivity contribution in [1.82, 2.24) is 9.80 Å². The molecular formula is C16H23N3O2. The van der Waals surface area contributed by atoms with Crippen molar-refractivity contribution in [3.63, 3.8) is 0 Å². The lowest BCUT2D eigenvalue weighted by Gasteiger charge is -2.34. The number of hydrogen-bond donors (Lipinski definition) is 1. The normalized spacial score (nSPS) is 17.3. The summed E-state index contributed by atoms with van der Waals surface area (Å²) >= 11 is 0. The first-order chi connectivity index (χ1) is 9.92. The first-order valence-electron chi connectivity index (χ1n) is 7.30. The number of amides is 2. The van der Waals surface area contributed by atoms with Crippen LogP contribution in [0.5, 0.6) is 0 Å². The van der Waals surface area contributed by atoms with E-state index < -0.39 is 0 Å². The number of benzene rings is 1. The molecule has 2 N–H and O–H groups in total. The third kappa shape index (κ3) is 3.42. The fourth-order valence-corrected chi connectivity index (χ4v) is 2.73. The third-order valence-corrected chi connectivity index (χ3v) is 3.98. The molecule has 1 fully saturated rings. The van der Waals surface area contributed by atoms with Crippen LogP contribution in [0.3, 0.4) is 0 Å². The minimum Gasteiger partial charge on any atom is -0.332 e. The van der Waals surface area contributed by atoms with Crippen molar-refractivity contribution in [3.8, 4) is 0 Å². The van der Waals surface area contributed by atoms with Gasteiger partial charge in [-0.3, -0.25) is 9.59 Å². The van der Waals surface area contributed by atoms with Crippen molar-refractivity contribution in [3.05, 3.63) is 34.9 Å². The van der Waals surface area contributed by atoms with E-state index >= 15 is 0 Å². The van der Waals surface area contributed by atoms with Crippen LogP contribution < -0.4 is 5.73 Å². The van der Waals surface area contributed by atoms with E-state index in [-0.39, 0.29) is 30.9 Å². The number of hydrogen-bond acceptors (Lipinski definition) is 3. The second-order valence-corrected chi connectivity index (χ2v) is 5.65.